The Labute approximate surface area is 118 Å². The number of aliphatic hydroxyl groups is 2. The number of carboxylic acid groups (broad SMARTS) is 1. The highest BCUT2D eigenvalue weighted by atomic mass is 16.4. The number of imidazole rings is 1. The maximum absolute atomic E-state index is 11.0. The molecule has 1 rings (SSSR count). The van der Waals surface area contributed by atoms with Crippen LogP contribution in [-0.4, -0.2) is 56.6 Å². The van der Waals surface area contributed by atoms with Gasteiger partial charge in [0.05, 0.1) is 6.10 Å². The molecule has 0 fully saturated rings. The average Bonchev–Trinajstić information content (AvgIpc) is 2.83. The molecule has 0 aromatic carbocycles. The molecule has 1 heterocycles. The number of carboxylic acids is 1. The molecule has 0 aliphatic carbocycles. The number of aliphatic carboxylic acids is 1. The molecule has 0 saturated heterocycles. The van der Waals surface area contributed by atoms with Crippen molar-refractivity contribution in [2.75, 3.05) is 13.7 Å². The molecule has 0 amide bonds. The van der Waals surface area contributed by atoms with Crippen LogP contribution in [0.3, 0.4) is 0 Å². The van der Waals surface area contributed by atoms with Crippen molar-refractivity contribution in [2.24, 2.45) is 5.92 Å². The van der Waals surface area contributed by atoms with Gasteiger partial charge in [-0.05, 0) is 19.4 Å². The second-order valence-corrected chi connectivity index (χ2v) is 4.89. The molecule has 20 heavy (non-hydrogen) atoms. The minimum absolute atomic E-state index is 0.108. The van der Waals surface area contributed by atoms with Crippen molar-refractivity contribution in [2.45, 2.75) is 38.5 Å². The SMILES string of the molecule is CN[C@H](C(=O)O)[C@H](O)[C@H](C)Cc1nccn1CCCO. The van der Waals surface area contributed by atoms with Crippen LogP contribution in [0.15, 0.2) is 12.4 Å². The minimum atomic E-state index is -1.07. The molecule has 0 saturated carbocycles. The zero-order chi connectivity index (χ0) is 15.1. The molecule has 7 nitrogen and oxygen atoms in total. The first-order valence-electron chi connectivity index (χ1n) is 6.70. The number of hydrogen-bond acceptors (Lipinski definition) is 5. The molecule has 1 aromatic heterocycles. The van der Waals surface area contributed by atoms with Crippen molar-refractivity contribution in [3.63, 3.8) is 0 Å². The van der Waals surface area contributed by atoms with E-state index in [1.807, 2.05) is 10.8 Å². The van der Waals surface area contributed by atoms with Gasteiger partial charge in [0.25, 0.3) is 0 Å². The van der Waals surface area contributed by atoms with Crippen LogP contribution >= 0.6 is 0 Å². The molecule has 0 bridgehead atoms. The van der Waals surface area contributed by atoms with Crippen molar-refractivity contribution < 1.29 is 20.1 Å². The first kappa shape index (κ1) is 16.6. The fourth-order valence-electron chi connectivity index (χ4n) is 2.15. The minimum Gasteiger partial charge on any atom is -0.480 e. The van der Waals surface area contributed by atoms with Crippen LogP contribution in [0.4, 0.5) is 0 Å². The van der Waals surface area contributed by atoms with Crippen LogP contribution in [0.1, 0.15) is 19.2 Å². The third-order valence-corrected chi connectivity index (χ3v) is 3.36. The Hall–Kier alpha value is -1.44. The number of rotatable bonds is 9. The first-order valence-corrected chi connectivity index (χ1v) is 6.70. The van der Waals surface area contributed by atoms with Crippen molar-refractivity contribution in [1.82, 2.24) is 14.9 Å². The van der Waals surface area contributed by atoms with E-state index < -0.39 is 18.1 Å². The van der Waals surface area contributed by atoms with Gasteiger partial charge in [-0.3, -0.25) is 4.79 Å². The van der Waals surface area contributed by atoms with E-state index in [1.165, 1.54) is 7.05 Å². The molecular formula is C13H23N3O4. The molecule has 7 heteroatoms. The van der Waals surface area contributed by atoms with Crippen molar-refractivity contribution in [1.29, 1.82) is 0 Å². The number of nitrogens with one attached hydrogen (secondary N) is 1. The number of likely N-dealkylation sites (N-methyl/N-ethyl adjacent to an activating group) is 1. The predicted molar refractivity (Wildman–Crippen MR) is 73.3 cm³/mol. The van der Waals surface area contributed by atoms with E-state index >= 15 is 0 Å². The summed E-state index contributed by atoms with van der Waals surface area (Å²) in [6.45, 7) is 2.56. The zero-order valence-electron chi connectivity index (χ0n) is 11.9. The number of hydrogen-bond donors (Lipinski definition) is 4. The molecule has 3 atom stereocenters. The summed E-state index contributed by atoms with van der Waals surface area (Å²) >= 11 is 0. The lowest BCUT2D eigenvalue weighted by Crippen LogP contribution is -2.47. The topological polar surface area (TPSA) is 108 Å². The van der Waals surface area contributed by atoms with Gasteiger partial charge >= 0.3 is 5.97 Å². The molecule has 114 valence electrons. The maximum Gasteiger partial charge on any atom is 0.323 e. The van der Waals surface area contributed by atoms with Crippen molar-refractivity contribution in [3.05, 3.63) is 18.2 Å². The van der Waals surface area contributed by atoms with Crippen molar-refractivity contribution >= 4 is 5.97 Å². The maximum atomic E-state index is 11.0. The first-order chi connectivity index (χ1) is 9.51. The number of nitrogens with zero attached hydrogens (tertiary/aromatic N) is 2. The van der Waals surface area contributed by atoms with E-state index in [0.29, 0.717) is 19.4 Å². The molecular weight excluding hydrogens is 262 g/mol. The van der Waals surface area contributed by atoms with Gasteiger partial charge in [0.15, 0.2) is 0 Å². The zero-order valence-corrected chi connectivity index (χ0v) is 11.9. The van der Waals surface area contributed by atoms with E-state index in [9.17, 15) is 9.90 Å². The molecule has 0 aliphatic rings. The van der Waals surface area contributed by atoms with E-state index in [0.717, 1.165) is 5.82 Å². The second kappa shape index (κ2) is 7.98. The monoisotopic (exact) mass is 285 g/mol. The summed E-state index contributed by atoms with van der Waals surface area (Å²) < 4.78 is 1.91. The summed E-state index contributed by atoms with van der Waals surface area (Å²) in [7, 11) is 1.51. The lowest BCUT2D eigenvalue weighted by atomic mass is 9.94. The fraction of sp³-hybridized carbons (Fsp3) is 0.692. The molecule has 1 aromatic rings. The summed E-state index contributed by atoms with van der Waals surface area (Å²) in [5.41, 5.74) is 0. The Morgan fingerprint density at radius 2 is 2.25 bits per heavy atom. The van der Waals surface area contributed by atoms with E-state index in [4.69, 9.17) is 10.2 Å². The van der Waals surface area contributed by atoms with Crippen molar-refractivity contribution in [3.8, 4) is 0 Å². The molecule has 0 radical (unpaired) electrons. The molecule has 0 aliphatic heterocycles. The molecule has 4 N–H and O–H groups in total. The fourth-order valence-corrected chi connectivity index (χ4v) is 2.15. The Balaban J connectivity index is 2.67. The number of aliphatic hydroxyl groups excluding tert-OH is 2. The summed E-state index contributed by atoms with van der Waals surface area (Å²) in [5.74, 6) is -0.542. The van der Waals surface area contributed by atoms with Gasteiger partial charge in [-0.15, -0.1) is 0 Å². The normalized spacial score (nSPS) is 15.8. The van der Waals surface area contributed by atoms with Crippen LogP contribution in [-0.2, 0) is 17.8 Å². The summed E-state index contributed by atoms with van der Waals surface area (Å²) in [6.07, 6.45) is 3.59. The van der Waals surface area contributed by atoms with Gasteiger partial charge in [-0.25, -0.2) is 4.98 Å². The lowest BCUT2D eigenvalue weighted by molar-refractivity contribution is -0.143. The Morgan fingerprint density at radius 3 is 2.80 bits per heavy atom. The van der Waals surface area contributed by atoms with Crippen LogP contribution in [0, 0.1) is 5.92 Å². The van der Waals surface area contributed by atoms with Crippen LogP contribution < -0.4 is 5.32 Å². The second-order valence-electron chi connectivity index (χ2n) is 4.89. The van der Waals surface area contributed by atoms with Gasteiger partial charge in [0.1, 0.15) is 11.9 Å². The largest absolute Gasteiger partial charge is 0.480 e. The smallest absolute Gasteiger partial charge is 0.323 e. The van der Waals surface area contributed by atoms with E-state index in [-0.39, 0.29) is 12.5 Å². The van der Waals surface area contributed by atoms with Gasteiger partial charge < -0.3 is 25.2 Å². The van der Waals surface area contributed by atoms with Gasteiger partial charge in [0, 0.05) is 32.0 Å². The highest BCUT2D eigenvalue weighted by Crippen LogP contribution is 2.14. The standard InChI is InChI=1S/C13H23N3O4/c1-9(12(18)11(14-2)13(19)20)8-10-15-4-6-16(10)5-3-7-17/h4,6,9,11-12,14,17-18H,3,5,7-8H2,1-2H3,(H,19,20)/t9-,11+,12-/m1/s1. The predicted octanol–water partition coefficient (Wildman–Crippen LogP) is -0.522. The Bertz CT molecular complexity index is 422. The van der Waals surface area contributed by atoms with Gasteiger partial charge in [-0.1, -0.05) is 6.92 Å². The van der Waals surface area contributed by atoms with Crippen LogP contribution in [0.5, 0.6) is 0 Å². The summed E-state index contributed by atoms with van der Waals surface area (Å²) in [4.78, 5) is 15.2. The number of carbonyl (C=O) groups is 1. The highest BCUT2D eigenvalue weighted by Gasteiger charge is 2.29. The lowest BCUT2D eigenvalue weighted by Gasteiger charge is -2.24. The number of aromatic nitrogens is 2. The van der Waals surface area contributed by atoms with E-state index in [1.54, 1.807) is 13.1 Å². The molecule has 0 unspecified atom stereocenters. The summed E-state index contributed by atoms with van der Waals surface area (Å²) in [6, 6.07) is -0.995. The quantitative estimate of drug-likeness (QED) is 0.486. The van der Waals surface area contributed by atoms with Gasteiger partial charge in [0.2, 0.25) is 0 Å². The van der Waals surface area contributed by atoms with Crippen LogP contribution in [0.25, 0.3) is 0 Å². The average molecular weight is 285 g/mol. The number of aryl methyl sites for hydroxylation is 1. The van der Waals surface area contributed by atoms with Gasteiger partial charge in [-0.2, -0.15) is 0 Å². The molecule has 0 spiro atoms. The third-order valence-electron chi connectivity index (χ3n) is 3.36. The third kappa shape index (κ3) is 4.29. The summed E-state index contributed by atoms with van der Waals surface area (Å²) in [5, 5.41) is 30.6. The highest BCUT2D eigenvalue weighted by molar-refractivity contribution is 5.74. The van der Waals surface area contributed by atoms with Crippen LogP contribution in [0.2, 0.25) is 0 Å². The van der Waals surface area contributed by atoms with E-state index in [2.05, 4.69) is 10.3 Å². The Kier molecular flexibility index (Phi) is 6.63. The Morgan fingerprint density at radius 1 is 1.55 bits per heavy atom.